The standard InChI is InChI=1S/C19H20N4O5/c1-2-28-19(25)15-11-14(12-17(13-15)23(26)27)18(24)22-9-7-21(8-10-22)16-3-5-20-6-4-16/h3-6,11-13H,2,7-10H2,1H3/p+1. The zero-order valence-corrected chi connectivity index (χ0v) is 15.5. The van der Waals surface area contributed by atoms with Crippen molar-refractivity contribution >= 4 is 23.3 Å². The zero-order valence-electron chi connectivity index (χ0n) is 15.5. The van der Waals surface area contributed by atoms with E-state index in [4.69, 9.17) is 4.74 Å². The number of benzene rings is 1. The van der Waals surface area contributed by atoms with E-state index in [9.17, 15) is 19.7 Å². The highest BCUT2D eigenvalue weighted by atomic mass is 16.6. The van der Waals surface area contributed by atoms with Crippen LogP contribution in [0.25, 0.3) is 0 Å². The molecule has 9 nitrogen and oxygen atoms in total. The lowest BCUT2D eigenvalue weighted by atomic mass is 10.1. The fraction of sp³-hybridized carbons (Fsp3) is 0.316. The first-order valence-corrected chi connectivity index (χ1v) is 8.96. The summed E-state index contributed by atoms with van der Waals surface area (Å²) in [6, 6.07) is 7.60. The summed E-state index contributed by atoms with van der Waals surface area (Å²) in [4.78, 5) is 42.2. The Bertz CT molecular complexity index is 879. The monoisotopic (exact) mass is 385 g/mol. The second-order valence-electron chi connectivity index (χ2n) is 6.28. The fourth-order valence-corrected chi connectivity index (χ4v) is 3.11. The van der Waals surface area contributed by atoms with Crippen molar-refractivity contribution in [3.63, 3.8) is 0 Å². The number of hydrogen-bond acceptors (Lipinski definition) is 6. The summed E-state index contributed by atoms with van der Waals surface area (Å²) in [7, 11) is 0. The molecule has 1 aromatic carbocycles. The molecule has 0 atom stereocenters. The van der Waals surface area contributed by atoms with Crippen LogP contribution >= 0.6 is 0 Å². The number of pyridine rings is 1. The summed E-state index contributed by atoms with van der Waals surface area (Å²) in [5, 5.41) is 11.2. The molecule has 28 heavy (non-hydrogen) atoms. The van der Waals surface area contributed by atoms with Gasteiger partial charge in [-0.3, -0.25) is 14.9 Å². The van der Waals surface area contributed by atoms with Crippen LogP contribution < -0.4 is 9.88 Å². The predicted molar refractivity (Wildman–Crippen MR) is 100 cm³/mol. The molecule has 0 spiro atoms. The number of ether oxygens (including phenoxy) is 1. The minimum absolute atomic E-state index is 0.00132. The van der Waals surface area contributed by atoms with Gasteiger partial charge in [0.2, 0.25) is 0 Å². The Hall–Kier alpha value is -3.49. The molecule has 1 aromatic heterocycles. The minimum Gasteiger partial charge on any atom is -0.462 e. The van der Waals surface area contributed by atoms with Crippen LogP contribution in [0.15, 0.2) is 42.7 Å². The van der Waals surface area contributed by atoms with Gasteiger partial charge in [0.25, 0.3) is 11.6 Å². The van der Waals surface area contributed by atoms with Crippen LogP contribution in [-0.2, 0) is 4.74 Å². The number of amides is 1. The maximum absolute atomic E-state index is 12.9. The van der Waals surface area contributed by atoms with Crippen molar-refractivity contribution in [1.82, 2.24) is 4.90 Å². The number of H-pyrrole nitrogens is 1. The molecule has 0 saturated carbocycles. The number of piperazine rings is 1. The first-order chi connectivity index (χ1) is 13.5. The van der Waals surface area contributed by atoms with Crippen molar-refractivity contribution in [3.8, 4) is 0 Å². The van der Waals surface area contributed by atoms with Crippen molar-refractivity contribution in [3.05, 3.63) is 64.0 Å². The number of hydrogen-bond donors (Lipinski definition) is 0. The molecule has 0 radical (unpaired) electrons. The number of nitro benzene ring substituents is 1. The van der Waals surface area contributed by atoms with Crippen LogP contribution in [0.4, 0.5) is 11.4 Å². The number of nitrogens with zero attached hydrogens (tertiary/aromatic N) is 3. The number of nitro groups is 1. The van der Waals surface area contributed by atoms with Crippen LogP contribution in [0.2, 0.25) is 0 Å². The largest absolute Gasteiger partial charge is 0.462 e. The predicted octanol–water partition coefficient (Wildman–Crippen LogP) is 1.55. The Morgan fingerprint density at radius 2 is 1.75 bits per heavy atom. The van der Waals surface area contributed by atoms with Crippen LogP contribution in [0, 0.1) is 10.1 Å². The van der Waals surface area contributed by atoms with E-state index >= 15 is 0 Å². The van der Waals surface area contributed by atoms with Crippen LogP contribution in [-0.4, -0.2) is 54.5 Å². The molecule has 0 aliphatic carbocycles. The highest BCUT2D eigenvalue weighted by Crippen LogP contribution is 2.21. The van der Waals surface area contributed by atoms with E-state index in [2.05, 4.69) is 9.88 Å². The number of carbonyl (C=O) groups is 2. The third-order valence-electron chi connectivity index (χ3n) is 4.52. The highest BCUT2D eigenvalue weighted by Gasteiger charge is 2.25. The number of carbonyl (C=O) groups excluding carboxylic acids is 2. The van der Waals surface area contributed by atoms with E-state index < -0.39 is 10.9 Å². The highest BCUT2D eigenvalue weighted by molar-refractivity contribution is 5.99. The van der Waals surface area contributed by atoms with E-state index in [0.717, 1.165) is 11.8 Å². The maximum Gasteiger partial charge on any atom is 0.338 e. The first-order valence-electron chi connectivity index (χ1n) is 8.96. The van der Waals surface area contributed by atoms with Crippen LogP contribution in [0.3, 0.4) is 0 Å². The van der Waals surface area contributed by atoms with Gasteiger partial charge >= 0.3 is 5.97 Å². The molecular weight excluding hydrogens is 364 g/mol. The van der Waals surface area contributed by atoms with Crippen LogP contribution in [0.5, 0.6) is 0 Å². The summed E-state index contributed by atoms with van der Waals surface area (Å²) in [5.41, 5.74) is 0.859. The lowest BCUT2D eigenvalue weighted by molar-refractivity contribution is -0.384. The van der Waals surface area contributed by atoms with Gasteiger partial charge < -0.3 is 14.5 Å². The van der Waals surface area contributed by atoms with Gasteiger partial charge in [0.1, 0.15) is 0 Å². The smallest absolute Gasteiger partial charge is 0.338 e. The van der Waals surface area contributed by atoms with E-state index in [1.165, 1.54) is 12.1 Å². The number of rotatable bonds is 5. The number of anilines is 1. The second kappa shape index (κ2) is 8.47. The average molecular weight is 385 g/mol. The Kier molecular flexibility index (Phi) is 5.83. The normalized spacial score (nSPS) is 13.9. The third-order valence-corrected chi connectivity index (χ3v) is 4.52. The average Bonchev–Trinajstić information content (AvgIpc) is 2.73. The Morgan fingerprint density at radius 3 is 2.36 bits per heavy atom. The topological polar surface area (TPSA) is 107 Å². The van der Waals surface area contributed by atoms with Gasteiger partial charge in [-0.2, -0.15) is 0 Å². The third kappa shape index (κ3) is 4.25. The van der Waals surface area contributed by atoms with Crippen molar-refractivity contribution in [1.29, 1.82) is 0 Å². The Labute approximate surface area is 161 Å². The first kappa shape index (κ1) is 19.3. The molecule has 1 aliphatic heterocycles. The Balaban J connectivity index is 1.77. The molecule has 0 bridgehead atoms. The Morgan fingerprint density at radius 1 is 1.11 bits per heavy atom. The lowest BCUT2D eigenvalue weighted by Crippen LogP contribution is -2.48. The van der Waals surface area contributed by atoms with Gasteiger partial charge in [0, 0.05) is 61.7 Å². The van der Waals surface area contributed by atoms with Crippen molar-refractivity contribution in [2.24, 2.45) is 0 Å². The molecule has 2 aromatic rings. The summed E-state index contributed by atoms with van der Waals surface area (Å²) in [6.07, 6.45) is 3.68. The van der Waals surface area contributed by atoms with Gasteiger partial charge in [-0.15, -0.1) is 0 Å². The van der Waals surface area contributed by atoms with Crippen molar-refractivity contribution in [2.75, 3.05) is 37.7 Å². The second-order valence-corrected chi connectivity index (χ2v) is 6.28. The number of nitrogens with one attached hydrogen (secondary N) is 1. The molecule has 3 rings (SSSR count). The van der Waals surface area contributed by atoms with Crippen molar-refractivity contribution in [2.45, 2.75) is 6.92 Å². The molecule has 1 fully saturated rings. The van der Waals surface area contributed by atoms with Gasteiger partial charge in [-0.25, -0.2) is 9.78 Å². The van der Waals surface area contributed by atoms with Gasteiger partial charge in [0.05, 0.1) is 17.1 Å². The molecule has 146 valence electrons. The number of aromatic amines is 1. The molecular formula is C19H21N4O5+. The molecule has 1 aliphatic rings. The van der Waals surface area contributed by atoms with E-state index in [1.807, 2.05) is 24.5 Å². The summed E-state index contributed by atoms with van der Waals surface area (Å²) in [6.45, 7) is 4.05. The number of non-ortho nitro benzene ring substituents is 1. The molecule has 9 heteroatoms. The minimum atomic E-state index is -0.689. The fourth-order valence-electron chi connectivity index (χ4n) is 3.11. The van der Waals surface area contributed by atoms with E-state index in [1.54, 1.807) is 11.8 Å². The molecule has 2 heterocycles. The molecule has 0 unspecified atom stereocenters. The molecule has 1 amide bonds. The molecule has 1 N–H and O–H groups in total. The lowest BCUT2D eigenvalue weighted by Gasteiger charge is -2.35. The SMILES string of the molecule is CCOC(=O)c1cc(C(=O)N2CCN(c3cc[nH+]cc3)CC2)cc([N+](=O)[O-])c1. The molecule has 1 saturated heterocycles. The summed E-state index contributed by atoms with van der Waals surface area (Å²) in [5.74, 6) is -1.03. The van der Waals surface area contributed by atoms with Crippen LogP contribution in [0.1, 0.15) is 27.6 Å². The van der Waals surface area contributed by atoms with Crippen molar-refractivity contribution < 1.29 is 24.2 Å². The summed E-state index contributed by atoms with van der Waals surface area (Å²) < 4.78 is 4.91. The van der Waals surface area contributed by atoms with Gasteiger partial charge in [-0.05, 0) is 13.0 Å². The zero-order chi connectivity index (χ0) is 20.1. The number of aromatic nitrogens is 1. The van der Waals surface area contributed by atoms with Gasteiger partial charge in [-0.1, -0.05) is 0 Å². The van der Waals surface area contributed by atoms with Gasteiger partial charge in [0.15, 0.2) is 12.4 Å². The summed E-state index contributed by atoms with van der Waals surface area (Å²) >= 11 is 0. The maximum atomic E-state index is 12.9. The quantitative estimate of drug-likeness (QED) is 0.439. The van der Waals surface area contributed by atoms with E-state index in [0.29, 0.717) is 26.2 Å². The number of esters is 1. The van der Waals surface area contributed by atoms with E-state index in [-0.39, 0.29) is 29.3 Å².